The van der Waals surface area contributed by atoms with E-state index in [4.69, 9.17) is 16.6 Å². The van der Waals surface area contributed by atoms with Crippen LogP contribution in [0.25, 0.3) is 11.0 Å². The van der Waals surface area contributed by atoms with Crippen molar-refractivity contribution in [1.29, 1.82) is 0 Å². The topological polar surface area (TPSA) is 46.9 Å². The van der Waals surface area contributed by atoms with Crippen LogP contribution in [0.2, 0.25) is 5.02 Å². The van der Waals surface area contributed by atoms with E-state index < -0.39 is 0 Å². The highest BCUT2D eigenvalue weighted by atomic mass is 35.5. The van der Waals surface area contributed by atoms with Gasteiger partial charge >= 0.3 is 0 Å². The molecule has 1 aromatic heterocycles. The molecule has 3 rings (SSSR count). The Kier molecular flexibility index (Phi) is 7.26. The normalized spacial score (nSPS) is 11.4. The third kappa shape index (κ3) is 5.23. The first-order chi connectivity index (χ1) is 13.7. The van der Waals surface area contributed by atoms with Crippen LogP contribution >= 0.6 is 11.6 Å². The number of carbonyl (C=O) groups excluding carboxylic acids is 1. The van der Waals surface area contributed by atoms with Gasteiger partial charge in [-0.25, -0.2) is 4.98 Å². The van der Waals surface area contributed by atoms with Crippen molar-refractivity contribution in [2.45, 2.75) is 39.2 Å². The van der Waals surface area contributed by atoms with Crippen LogP contribution in [0.5, 0.6) is 0 Å². The van der Waals surface area contributed by atoms with Crippen LogP contribution in [0, 0.1) is 0 Å². The zero-order valence-corrected chi connectivity index (χ0v) is 17.0. The number of nitrogens with zero attached hydrogens (tertiary/aromatic N) is 2. The maximum Gasteiger partial charge on any atom is 0.243 e. The van der Waals surface area contributed by atoms with E-state index in [0.717, 1.165) is 59.7 Å². The standard InChI is InChI=1S/C23H26ClN3O/c1-2-10-23(28)25-16-9-3-4-15-22-26-20-13-7-8-14-21(20)27(22)17-18-11-5-6-12-19(18)24/h2,5-8,10-14H,3-4,9,15-17H2,1H3,(H,25,28)/b10-2+. The summed E-state index contributed by atoms with van der Waals surface area (Å²) in [6, 6.07) is 16.2. The number of hydrogen-bond acceptors (Lipinski definition) is 2. The minimum Gasteiger partial charge on any atom is -0.353 e. The van der Waals surface area contributed by atoms with Crippen molar-refractivity contribution in [1.82, 2.24) is 14.9 Å². The molecule has 0 saturated carbocycles. The van der Waals surface area contributed by atoms with Crippen molar-refractivity contribution < 1.29 is 4.79 Å². The second-order valence-electron chi connectivity index (χ2n) is 6.80. The number of halogens is 1. The van der Waals surface area contributed by atoms with Crippen molar-refractivity contribution in [2.75, 3.05) is 6.54 Å². The van der Waals surface area contributed by atoms with Gasteiger partial charge in [0.25, 0.3) is 0 Å². The molecule has 0 spiro atoms. The molecule has 28 heavy (non-hydrogen) atoms. The molecule has 0 aliphatic rings. The van der Waals surface area contributed by atoms with Gasteiger partial charge in [-0.05, 0) is 49.6 Å². The molecule has 0 fully saturated rings. The van der Waals surface area contributed by atoms with Gasteiger partial charge in [0.05, 0.1) is 17.6 Å². The molecular weight excluding hydrogens is 370 g/mol. The minimum absolute atomic E-state index is 0.0240. The summed E-state index contributed by atoms with van der Waals surface area (Å²) in [6.07, 6.45) is 7.25. The molecule has 4 nitrogen and oxygen atoms in total. The quantitative estimate of drug-likeness (QED) is 0.402. The van der Waals surface area contributed by atoms with E-state index in [0.29, 0.717) is 6.54 Å². The molecule has 1 heterocycles. The Labute approximate surface area is 171 Å². The van der Waals surface area contributed by atoms with Crippen molar-refractivity contribution in [3.63, 3.8) is 0 Å². The molecule has 0 atom stereocenters. The predicted octanol–water partition coefficient (Wildman–Crippen LogP) is 5.14. The molecule has 2 aromatic carbocycles. The van der Waals surface area contributed by atoms with E-state index in [9.17, 15) is 4.79 Å². The summed E-state index contributed by atoms with van der Waals surface area (Å²) in [5, 5.41) is 3.67. The largest absolute Gasteiger partial charge is 0.353 e. The zero-order chi connectivity index (χ0) is 19.8. The maximum atomic E-state index is 11.4. The number of para-hydroxylation sites is 2. The van der Waals surface area contributed by atoms with Gasteiger partial charge in [-0.2, -0.15) is 0 Å². The highest BCUT2D eigenvalue weighted by molar-refractivity contribution is 6.31. The van der Waals surface area contributed by atoms with Crippen molar-refractivity contribution in [2.24, 2.45) is 0 Å². The number of imidazole rings is 1. The number of carbonyl (C=O) groups is 1. The van der Waals surface area contributed by atoms with Crippen molar-refractivity contribution >= 4 is 28.5 Å². The third-order valence-electron chi connectivity index (χ3n) is 4.71. The first-order valence-electron chi connectivity index (χ1n) is 9.77. The highest BCUT2D eigenvalue weighted by Gasteiger charge is 2.12. The van der Waals surface area contributed by atoms with Gasteiger partial charge in [-0.1, -0.05) is 54.4 Å². The van der Waals surface area contributed by atoms with Crippen molar-refractivity contribution in [3.8, 4) is 0 Å². The maximum absolute atomic E-state index is 11.4. The van der Waals surface area contributed by atoms with E-state index in [2.05, 4.69) is 28.1 Å². The molecule has 0 aliphatic carbocycles. The first-order valence-corrected chi connectivity index (χ1v) is 10.1. The number of aromatic nitrogens is 2. The molecule has 146 valence electrons. The van der Waals surface area contributed by atoms with E-state index in [1.165, 1.54) is 0 Å². The molecule has 0 aliphatic heterocycles. The number of fused-ring (bicyclic) bond motifs is 1. The Morgan fingerprint density at radius 1 is 1.11 bits per heavy atom. The van der Waals surface area contributed by atoms with Crippen LogP contribution in [0.1, 0.15) is 37.6 Å². The van der Waals surface area contributed by atoms with E-state index >= 15 is 0 Å². The van der Waals surface area contributed by atoms with Crippen LogP contribution in [-0.4, -0.2) is 22.0 Å². The summed E-state index contributed by atoms with van der Waals surface area (Å²) in [5.41, 5.74) is 3.25. The molecule has 1 amide bonds. The Bertz CT molecular complexity index is 961. The van der Waals surface area contributed by atoms with E-state index in [-0.39, 0.29) is 5.91 Å². The van der Waals surface area contributed by atoms with Gasteiger partial charge in [0.2, 0.25) is 5.91 Å². The Balaban J connectivity index is 1.64. The number of aryl methyl sites for hydroxylation is 1. The molecule has 0 saturated heterocycles. The van der Waals surface area contributed by atoms with Gasteiger partial charge < -0.3 is 9.88 Å². The molecule has 1 N–H and O–H groups in total. The summed E-state index contributed by atoms with van der Waals surface area (Å²) in [4.78, 5) is 16.3. The number of amides is 1. The molecule has 5 heteroatoms. The fraction of sp³-hybridized carbons (Fsp3) is 0.304. The van der Waals surface area contributed by atoms with Gasteiger partial charge in [-0.3, -0.25) is 4.79 Å². The summed E-state index contributed by atoms with van der Waals surface area (Å²) in [7, 11) is 0. The number of nitrogens with one attached hydrogen (secondary N) is 1. The van der Waals surface area contributed by atoms with Gasteiger partial charge in [-0.15, -0.1) is 0 Å². The van der Waals surface area contributed by atoms with Crippen molar-refractivity contribution in [3.05, 3.63) is 77.1 Å². The second kappa shape index (κ2) is 10.1. The average Bonchev–Trinajstić information content (AvgIpc) is 3.04. The monoisotopic (exact) mass is 395 g/mol. The van der Waals surface area contributed by atoms with Crippen LogP contribution in [-0.2, 0) is 17.8 Å². The van der Waals surface area contributed by atoms with Gasteiger partial charge in [0.1, 0.15) is 5.82 Å². The Morgan fingerprint density at radius 2 is 1.89 bits per heavy atom. The average molecular weight is 396 g/mol. The first kappa shape index (κ1) is 20.2. The van der Waals surface area contributed by atoms with Crippen LogP contribution < -0.4 is 5.32 Å². The smallest absolute Gasteiger partial charge is 0.243 e. The summed E-state index contributed by atoms with van der Waals surface area (Å²) < 4.78 is 2.27. The number of hydrogen-bond donors (Lipinski definition) is 1. The third-order valence-corrected chi connectivity index (χ3v) is 5.08. The number of rotatable bonds is 9. The fourth-order valence-corrected chi connectivity index (χ4v) is 3.49. The minimum atomic E-state index is -0.0240. The van der Waals surface area contributed by atoms with E-state index in [1.54, 1.807) is 12.2 Å². The Morgan fingerprint density at radius 3 is 2.71 bits per heavy atom. The summed E-state index contributed by atoms with van der Waals surface area (Å²) >= 11 is 6.38. The van der Waals surface area contributed by atoms with Gasteiger partial charge in [0.15, 0.2) is 0 Å². The lowest BCUT2D eigenvalue weighted by Gasteiger charge is -2.11. The Hall–Kier alpha value is -2.59. The predicted molar refractivity (Wildman–Crippen MR) is 116 cm³/mol. The lowest BCUT2D eigenvalue weighted by atomic mass is 10.1. The molecule has 3 aromatic rings. The second-order valence-corrected chi connectivity index (χ2v) is 7.20. The lowest BCUT2D eigenvalue weighted by Crippen LogP contribution is -2.21. The molecule has 0 bridgehead atoms. The molecule has 0 radical (unpaired) electrons. The summed E-state index contributed by atoms with van der Waals surface area (Å²) in [5.74, 6) is 1.06. The van der Waals surface area contributed by atoms with E-state index in [1.807, 2.05) is 37.3 Å². The SMILES string of the molecule is C/C=C/C(=O)NCCCCCc1nc2ccccc2n1Cc1ccccc1Cl. The van der Waals surface area contributed by atoms with Crippen LogP contribution in [0.3, 0.4) is 0 Å². The molecular formula is C23H26ClN3O. The van der Waals surface area contributed by atoms with Crippen LogP contribution in [0.4, 0.5) is 0 Å². The number of benzene rings is 2. The van der Waals surface area contributed by atoms with Crippen LogP contribution in [0.15, 0.2) is 60.7 Å². The zero-order valence-electron chi connectivity index (χ0n) is 16.2. The van der Waals surface area contributed by atoms with Gasteiger partial charge in [0, 0.05) is 18.0 Å². The fourth-order valence-electron chi connectivity index (χ4n) is 3.30. The number of allylic oxidation sites excluding steroid dienone is 1. The molecule has 0 unspecified atom stereocenters. The lowest BCUT2D eigenvalue weighted by molar-refractivity contribution is -0.116. The summed E-state index contributed by atoms with van der Waals surface area (Å²) in [6.45, 7) is 3.27. The highest BCUT2D eigenvalue weighted by Crippen LogP contribution is 2.22. The number of unbranched alkanes of at least 4 members (excludes halogenated alkanes) is 2.